The lowest BCUT2D eigenvalue weighted by Crippen LogP contribution is -2.05. The first-order valence-electron chi connectivity index (χ1n) is 5.15. The predicted molar refractivity (Wildman–Crippen MR) is 72.6 cm³/mol. The van der Waals surface area contributed by atoms with Crippen LogP contribution in [0.3, 0.4) is 0 Å². The van der Waals surface area contributed by atoms with Crippen LogP contribution in [0.1, 0.15) is 0 Å². The van der Waals surface area contributed by atoms with Gasteiger partial charge in [-0.15, -0.1) is 10.2 Å². The Kier molecular flexibility index (Phi) is 3.81. The number of benzene rings is 1. The molecule has 19 heavy (non-hydrogen) atoms. The van der Waals surface area contributed by atoms with Gasteiger partial charge in [0.25, 0.3) is 5.16 Å². The molecule has 0 saturated carbocycles. The summed E-state index contributed by atoms with van der Waals surface area (Å²) in [5, 5.41) is 7.18. The van der Waals surface area contributed by atoms with Gasteiger partial charge < -0.3 is 4.74 Å². The maximum Gasteiger partial charge on any atom is 0.267 e. The quantitative estimate of drug-likeness (QED) is 0.843. The molecular formula is C11H10BrN3O3S. The summed E-state index contributed by atoms with van der Waals surface area (Å²) in [6, 6.07) is 5.39. The second kappa shape index (κ2) is 5.22. The highest BCUT2D eigenvalue weighted by atomic mass is 79.9. The number of methoxy groups -OCH3 is 1. The Hall–Kier alpha value is -1.54. The Labute approximate surface area is 118 Å². The number of nitrogens with zero attached hydrogens (tertiary/aromatic N) is 3. The van der Waals surface area contributed by atoms with Gasteiger partial charge in [0.1, 0.15) is 11.4 Å². The number of ether oxygens (including phenoxy) is 1. The number of halogens is 1. The van der Waals surface area contributed by atoms with Gasteiger partial charge in [-0.25, -0.2) is 13.4 Å². The zero-order valence-corrected chi connectivity index (χ0v) is 12.6. The SMILES string of the molecule is COc1cc(Br)ccc1-c1cnc(S(C)(=O)=O)nn1. The van der Waals surface area contributed by atoms with E-state index >= 15 is 0 Å². The third kappa shape index (κ3) is 3.07. The average Bonchev–Trinajstić information content (AvgIpc) is 2.37. The summed E-state index contributed by atoms with van der Waals surface area (Å²) in [4.78, 5) is 3.80. The van der Waals surface area contributed by atoms with Crippen molar-refractivity contribution in [3.8, 4) is 17.0 Å². The minimum absolute atomic E-state index is 0.299. The van der Waals surface area contributed by atoms with E-state index in [0.717, 1.165) is 10.7 Å². The standard InChI is InChI=1S/C11H10BrN3O3S/c1-18-10-5-7(12)3-4-8(10)9-6-13-11(15-14-9)19(2,16)17/h3-6H,1-2H3. The molecule has 0 N–H and O–H groups in total. The minimum atomic E-state index is -3.45. The summed E-state index contributed by atoms with van der Waals surface area (Å²) >= 11 is 3.34. The molecule has 0 unspecified atom stereocenters. The lowest BCUT2D eigenvalue weighted by atomic mass is 10.1. The first-order chi connectivity index (χ1) is 8.91. The maximum absolute atomic E-state index is 11.3. The van der Waals surface area contributed by atoms with Crippen LogP contribution in [0.15, 0.2) is 34.0 Å². The summed E-state index contributed by atoms with van der Waals surface area (Å²) in [7, 11) is -1.91. The second-order valence-electron chi connectivity index (χ2n) is 3.74. The molecule has 0 bridgehead atoms. The molecule has 0 fully saturated rings. The van der Waals surface area contributed by atoms with E-state index in [1.54, 1.807) is 12.1 Å². The Morgan fingerprint density at radius 2 is 2.00 bits per heavy atom. The molecule has 100 valence electrons. The van der Waals surface area contributed by atoms with Gasteiger partial charge in [-0.3, -0.25) is 0 Å². The van der Waals surface area contributed by atoms with Crippen LogP contribution in [-0.4, -0.2) is 37.0 Å². The van der Waals surface area contributed by atoms with Crippen LogP contribution >= 0.6 is 15.9 Å². The second-order valence-corrected chi connectivity index (χ2v) is 6.57. The summed E-state index contributed by atoms with van der Waals surface area (Å²) in [6.45, 7) is 0. The topological polar surface area (TPSA) is 82.0 Å². The Morgan fingerprint density at radius 1 is 1.26 bits per heavy atom. The Morgan fingerprint density at radius 3 is 2.53 bits per heavy atom. The predicted octanol–water partition coefficient (Wildman–Crippen LogP) is 1.71. The molecule has 6 nitrogen and oxygen atoms in total. The third-order valence-corrected chi connectivity index (χ3v) is 3.66. The molecule has 8 heteroatoms. The summed E-state index contributed by atoms with van der Waals surface area (Å²) in [5.41, 5.74) is 1.13. The minimum Gasteiger partial charge on any atom is -0.496 e. The van der Waals surface area contributed by atoms with Crippen molar-refractivity contribution in [1.82, 2.24) is 15.2 Å². The van der Waals surface area contributed by atoms with Gasteiger partial charge in [0.15, 0.2) is 0 Å². The largest absolute Gasteiger partial charge is 0.496 e. The van der Waals surface area contributed by atoms with Gasteiger partial charge >= 0.3 is 0 Å². The van der Waals surface area contributed by atoms with E-state index in [-0.39, 0.29) is 5.16 Å². The lowest BCUT2D eigenvalue weighted by Gasteiger charge is -2.07. The van der Waals surface area contributed by atoms with E-state index in [9.17, 15) is 8.42 Å². The van der Waals surface area contributed by atoms with E-state index in [1.807, 2.05) is 6.07 Å². The first-order valence-corrected chi connectivity index (χ1v) is 7.84. The monoisotopic (exact) mass is 343 g/mol. The lowest BCUT2D eigenvalue weighted by molar-refractivity contribution is 0.416. The third-order valence-electron chi connectivity index (χ3n) is 2.31. The first kappa shape index (κ1) is 13.9. The van der Waals surface area contributed by atoms with Gasteiger partial charge in [-0.2, -0.15) is 0 Å². The number of hydrogen-bond acceptors (Lipinski definition) is 6. The molecule has 1 aromatic heterocycles. The zero-order chi connectivity index (χ0) is 14.0. The van der Waals surface area contributed by atoms with Crippen molar-refractivity contribution in [3.05, 3.63) is 28.9 Å². The molecule has 2 rings (SSSR count). The fraction of sp³-hybridized carbons (Fsp3) is 0.182. The Balaban J connectivity index is 2.49. The number of rotatable bonds is 3. The van der Waals surface area contributed by atoms with Gasteiger partial charge in [-0.05, 0) is 18.2 Å². The Bertz CT molecular complexity index is 702. The van der Waals surface area contributed by atoms with Crippen molar-refractivity contribution >= 4 is 25.8 Å². The smallest absolute Gasteiger partial charge is 0.267 e. The highest BCUT2D eigenvalue weighted by Crippen LogP contribution is 2.30. The normalized spacial score (nSPS) is 11.3. The average molecular weight is 344 g/mol. The van der Waals surface area contributed by atoms with Crippen LogP contribution in [0.5, 0.6) is 5.75 Å². The molecule has 0 saturated heterocycles. The molecule has 0 aliphatic heterocycles. The van der Waals surface area contributed by atoms with Crippen molar-refractivity contribution in [1.29, 1.82) is 0 Å². The van der Waals surface area contributed by atoms with Crippen LogP contribution < -0.4 is 4.74 Å². The van der Waals surface area contributed by atoms with Crippen LogP contribution in [0, 0.1) is 0 Å². The molecule has 1 aromatic carbocycles. The zero-order valence-electron chi connectivity index (χ0n) is 10.2. The fourth-order valence-corrected chi connectivity index (χ4v) is 2.21. The van der Waals surface area contributed by atoms with Crippen molar-refractivity contribution in [2.75, 3.05) is 13.4 Å². The number of sulfone groups is 1. The van der Waals surface area contributed by atoms with Crippen molar-refractivity contribution in [2.45, 2.75) is 5.16 Å². The molecule has 0 spiro atoms. The molecule has 1 heterocycles. The number of aromatic nitrogens is 3. The van der Waals surface area contributed by atoms with Crippen molar-refractivity contribution in [3.63, 3.8) is 0 Å². The molecule has 0 atom stereocenters. The van der Waals surface area contributed by atoms with Crippen LogP contribution in [0.25, 0.3) is 11.3 Å². The van der Waals surface area contributed by atoms with E-state index in [0.29, 0.717) is 17.0 Å². The van der Waals surface area contributed by atoms with Crippen LogP contribution in [-0.2, 0) is 9.84 Å². The van der Waals surface area contributed by atoms with E-state index in [1.165, 1.54) is 13.3 Å². The molecule has 0 amide bonds. The molecular weight excluding hydrogens is 334 g/mol. The molecule has 2 aromatic rings. The fourth-order valence-electron chi connectivity index (χ4n) is 1.43. The maximum atomic E-state index is 11.3. The van der Waals surface area contributed by atoms with Crippen molar-refractivity contribution in [2.24, 2.45) is 0 Å². The van der Waals surface area contributed by atoms with E-state index in [4.69, 9.17) is 4.74 Å². The number of hydrogen-bond donors (Lipinski definition) is 0. The molecule has 0 aliphatic rings. The van der Waals surface area contributed by atoms with Crippen molar-refractivity contribution < 1.29 is 13.2 Å². The highest BCUT2D eigenvalue weighted by molar-refractivity contribution is 9.10. The van der Waals surface area contributed by atoms with Gasteiger partial charge in [0.05, 0.1) is 13.3 Å². The summed E-state index contributed by atoms with van der Waals surface area (Å²) < 4.78 is 28.6. The molecule has 0 radical (unpaired) electrons. The summed E-state index contributed by atoms with van der Waals surface area (Å²) in [6.07, 6.45) is 2.39. The van der Waals surface area contributed by atoms with Gasteiger partial charge in [-0.1, -0.05) is 15.9 Å². The van der Waals surface area contributed by atoms with E-state index in [2.05, 4.69) is 31.1 Å². The van der Waals surface area contributed by atoms with Gasteiger partial charge in [0.2, 0.25) is 9.84 Å². The summed E-state index contributed by atoms with van der Waals surface area (Å²) in [5.74, 6) is 0.595. The van der Waals surface area contributed by atoms with E-state index < -0.39 is 9.84 Å². The highest BCUT2D eigenvalue weighted by Gasteiger charge is 2.14. The van der Waals surface area contributed by atoms with Crippen LogP contribution in [0.2, 0.25) is 0 Å². The van der Waals surface area contributed by atoms with Crippen LogP contribution in [0.4, 0.5) is 0 Å². The molecule has 0 aliphatic carbocycles. The van der Waals surface area contributed by atoms with Gasteiger partial charge in [0, 0.05) is 16.3 Å².